The van der Waals surface area contributed by atoms with Crippen LogP contribution < -0.4 is 20.7 Å². The van der Waals surface area contributed by atoms with E-state index in [1.54, 1.807) is 4.90 Å². The fourth-order valence-electron chi connectivity index (χ4n) is 5.05. The van der Waals surface area contributed by atoms with E-state index in [4.69, 9.17) is 21.5 Å². The monoisotopic (exact) mass is 698 g/mol. The van der Waals surface area contributed by atoms with Crippen LogP contribution in [0.25, 0.3) is 11.3 Å². The fourth-order valence-corrected chi connectivity index (χ4v) is 5.31. The Morgan fingerprint density at radius 1 is 1.12 bits per heavy atom. The maximum absolute atomic E-state index is 14.6. The van der Waals surface area contributed by atoms with E-state index in [1.807, 2.05) is 7.05 Å². The third kappa shape index (κ3) is 9.74. The number of anilines is 1. The summed E-state index contributed by atoms with van der Waals surface area (Å²) in [5.41, 5.74) is 0.186. The molecule has 2 saturated heterocycles. The Balaban J connectivity index is 0.000000539. The maximum Gasteiger partial charge on any atom is 0.387 e. The lowest BCUT2D eigenvalue weighted by atomic mass is 9.98. The van der Waals surface area contributed by atoms with Crippen molar-refractivity contribution in [2.75, 3.05) is 38.5 Å². The van der Waals surface area contributed by atoms with E-state index in [1.165, 1.54) is 42.8 Å². The molecule has 48 heavy (non-hydrogen) atoms. The van der Waals surface area contributed by atoms with Gasteiger partial charge in [0.05, 0.1) is 22.5 Å². The van der Waals surface area contributed by atoms with Gasteiger partial charge in [0.1, 0.15) is 6.29 Å². The van der Waals surface area contributed by atoms with Crippen molar-refractivity contribution in [2.45, 2.75) is 31.9 Å². The van der Waals surface area contributed by atoms with E-state index in [2.05, 4.69) is 25.7 Å². The van der Waals surface area contributed by atoms with Gasteiger partial charge in [-0.15, -0.1) is 0 Å². The number of nitrogens with one attached hydrogen (secondary N) is 3. The van der Waals surface area contributed by atoms with Crippen LogP contribution in [0.4, 0.5) is 23.2 Å². The molecule has 2 amide bonds. The van der Waals surface area contributed by atoms with Gasteiger partial charge in [0.25, 0.3) is 18.3 Å². The zero-order valence-electron chi connectivity index (χ0n) is 26.0. The molecule has 12 nitrogen and oxygen atoms in total. The first-order chi connectivity index (χ1) is 22.9. The Kier molecular flexibility index (Phi) is 14.3. The van der Waals surface area contributed by atoms with Crippen molar-refractivity contribution in [1.82, 2.24) is 25.1 Å². The summed E-state index contributed by atoms with van der Waals surface area (Å²) in [7, 11) is 3.40. The Labute approximate surface area is 278 Å². The summed E-state index contributed by atoms with van der Waals surface area (Å²) >= 11 is 6.31. The van der Waals surface area contributed by atoms with Crippen LogP contribution in [0.5, 0.6) is 5.75 Å². The minimum absolute atomic E-state index is 0.00692. The van der Waals surface area contributed by atoms with Crippen LogP contribution in [0.1, 0.15) is 40.2 Å². The Morgan fingerprint density at radius 3 is 2.35 bits per heavy atom. The molecule has 5 rings (SSSR count). The summed E-state index contributed by atoms with van der Waals surface area (Å²) in [6, 6.07) is 6.96. The first-order valence-corrected chi connectivity index (χ1v) is 15.1. The van der Waals surface area contributed by atoms with Crippen molar-refractivity contribution < 1.29 is 46.6 Å². The molecule has 2 aliphatic heterocycles. The zero-order chi connectivity index (χ0) is 35.4. The number of benzene rings is 2. The highest BCUT2D eigenvalue weighted by atomic mass is 35.5. The molecular formula is C31H35ClF4N6O6. The van der Waals surface area contributed by atoms with Gasteiger partial charge in [-0.3, -0.25) is 14.4 Å². The minimum atomic E-state index is -3.33. The first-order valence-electron chi connectivity index (χ1n) is 14.7. The number of carboxylic acid groups (broad SMARTS) is 1. The molecule has 1 atom stereocenters. The molecule has 2 aromatic carbocycles. The predicted molar refractivity (Wildman–Crippen MR) is 168 cm³/mol. The van der Waals surface area contributed by atoms with Crippen LogP contribution in [-0.4, -0.2) is 90.0 Å². The van der Waals surface area contributed by atoms with Crippen LogP contribution in [0.15, 0.2) is 36.5 Å². The number of ether oxygens (including phenoxy) is 1. The second kappa shape index (κ2) is 18.1. The standard InChI is InChI=1S/C25H21ClF4N4O4.C5H12N2.CH2O2/c1-33-18(16-4-5-19(38-25(29)30)21(28)20(16)27)11-31-22(33)23(36)32-14-2-3-15(17(26)10-14)24(37)34-8-6-13(12-35)7-9-34;1-6-5-2-3-7-4-5;2-1-3/h2-5,10-13,25H,6-9H2,1H3,(H,32,36);5-7H,2-4H2,1H3;1H,(H,2,3)/t;5-;/m.1./s1. The Hall–Kier alpha value is -4.54. The maximum atomic E-state index is 14.6. The number of aldehydes is 1. The topological polar surface area (TPSA) is 155 Å². The normalized spacial score (nSPS) is 15.9. The molecule has 3 aromatic rings. The van der Waals surface area contributed by atoms with Crippen LogP contribution in [-0.2, 0) is 16.6 Å². The zero-order valence-corrected chi connectivity index (χ0v) is 26.8. The predicted octanol–water partition coefficient (Wildman–Crippen LogP) is 4.19. The van der Waals surface area contributed by atoms with Crippen LogP contribution in [0.2, 0.25) is 5.02 Å². The average Bonchev–Trinajstić information content (AvgIpc) is 3.74. The number of likely N-dealkylation sites (N-methyl/N-ethyl adjacent to an activating group) is 1. The number of rotatable bonds is 8. The van der Waals surface area contributed by atoms with Gasteiger partial charge in [-0.05, 0) is 63.2 Å². The van der Waals surface area contributed by atoms with Gasteiger partial charge in [0.15, 0.2) is 17.4 Å². The lowest BCUT2D eigenvalue weighted by molar-refractivity contribution is -0.122. The minimum Gasteiger partial charge on any atom is -0.483 e. The number of amides is 2. The molecule has 2 aliphatic rings. The van der Waals surface area contributed by atoms with Crippen molar-refractivity contribution >= 4 is 41.9 Å². The molecule has 260 valence electrons. The number of aromatic nitrogens is 2. The van der Waals surface area contributed by atoms with Crippen LogP contribution >= 0.6 is 11.6 Å². The molecule has 4 N–H and O–H groups in total. The number of carbonyl (C=O) groups is 4. The summed E-state index contributed by atoms with van der Waals surface area (Å²) in [5, 5.41) is 16.0. The van der Waals surface area contributed by atoms with Gasteiger partial charge >= 0.3 is 6.61 Å². The average molecular weight is 699 g/mol. The van der Waals surface area contributed by atoms with Crippen LogP contribution in [0, 0.1) is 17.6 Å². The first kappa shape index (κ1) is 37.9. The van der Waals surface area contributed by atoms with E-state index < -0.39 is 29.9 Å². The van der Waals surface area contributed by atoms with E-state index in [0.717, 1.165) is 37.2 Å². The molecule has 3 heterocycles. The fraction of sp³-hybridized carbons (Fsp3) is 0.387. The van der Waals surface area contributed by atoms with Crippen molar-refractivity contribution in [3.05, 3.63) is 64.6 Å². The number of alkyl halides is 2. The third-order valence-corrected chi connectivity index (χ3v) is 7.99. The molecule has 0 spiro atoms. The number of nitrogens with zero attached hydrogens (tertiary/aromatic N) is 3. The molecule has 0 aliphatic carbocycles. The Bertz CT molecular complexity index is 1580. The molecule has 17 heteroatoms. The van der Waals surface area contributed by atoms with Gasteiger partial charge in [0.2, 0.25) is 5.82 Å². The molecule has 1 aromatic heterocycles. The number of hydrogen-bond donors (Lipinski definition) is 4. The second-order valence-corrected chi connectivity index (χ2v) is 11.0. The summed E-state index contributed by atoms with van der Waals surface area (Å²) in [5.74, 6) is -5.22. The number of imidazole rings is 1. The smallest absolute Gasteiger partial charge is 0.387 e. The van der Waals surface area contributed by atoms with Crippen molar-refractivity contribution in [3.8, 4) is 17.0 Å². The number of hydrogen-bond acceptors (Lipinski definition) is 8. The molecular weight excluding hydrogens is 664 g/mol. The molecule has 0 saturated carbocycles. The van der Waals surface area contributed by atoms with Gasteiger partial charge in [-0.1, -0.05) is 11.6 Å². The lowest BCUT2D eigenvalue weighted by Gasteiger charge is -2.30. The van der Waals surface area contributed by atoms with E-state index in [0.29, 0.717) is 25.9 Å². The lowest BCUT2D eigenvalue weighted by Crippen LogP contribution is -2.38. The quantitative estimate of drug-likeness (QED) is 0.200. The van der Waals surface area contributed by atoms with E-state index >= 15 is 0 Å². The van der Waals surface area contributed by atoms with Gasteiger partial charge in [-0.25, -0.2) is 9.37 Å². The number of carbonyl (C=O) groups excluding carboxylic acids is 3. The Morgan fingerprint density at radius 2 is 1.81 bits per heavy atom. The van der Waals surface area contributed by atoms with Gasteiger partial charge in [-0.2, -0.15) is 13.2 Å². The van der Waals surface area contributed by atoms with Gasteiger partial charge < -0.3 is 40.1 Å². The van der Waals surface area contributed by atoms with Crippen LogP contribution in [0.3, 0.4) is 0 Å². The molecule has 0 bridgehead atoms. The second-order valence-electron chi connectivity index (χ2n) is 10.6. The number of halogens is 5. The van der Waals surface area contributed by atoms with Crippen molar-refractivity contribution in [1.29, 1.82) is 0 Å². The van der Waals surface area contributed by atoms with E-state index in [9.17, 15) is 31.9 Å². The molecule has 0 unspecified atom stereocenters. The molecule has 2 fully saturated rings. The van der Waals surface area contributed by atoms with Gasteiger partial charge in [0, 0.05) is 49.9 Å². The highest BCUT2D eigenvalue weighted by molar-refractivity contribution is 6.34. The summed E-state index contributed by atoms with van der Waals surface area (Å²) in [4.78, 5) is 50.5. The van der Waals surface area contributed by atoms with Crippen molar-refractivity contribution in [2.24, 2.45) is 13.0 Å². The summed E-state index contributed by atoms with van der Waals surface area (Å²) in [6.07, 6.45) is 4.47. The number of piperidine rings is 1. The van der Waals surface area contributed by atoms with Crippen molar-refractivity contribution in [3.63, 3.8) is 0 Å². The number of likely N-dealkylation sites (tertiary alicyclic amines) is 1. The summed E-state index contributed by atoms with van der Waals surface area (Å²) in [6.45, 7) is -0.374. The molecule has 0 radical (unpaired) electrons. The highest BCUT2D eigenvalue weighted by Crippen LogP contribution is 2.31. The highest BCUT2D eigenvalue weighted by Gasteiger charge is 2.26. The van der Waals surface area contributed by atoms with E-state index in [-0.39, 0.29) is 51.7 Å². The largest absolute Gasteiger partial charge is 0.483 e. The summed E-state index contributed by atoms with van der Waals surface area (Å²) < 4.78 is 58.6. The SMILES string of the molecule is CN[C@@H]1CCNC1.Cn1c(-c2ccc(OC(F)F)c(F)c2F)cnc1C(=O)Nc1ccc(C(=O)N2CCC(C=O)CC2)c(Cl)c1.O=CO. The third-order valence-electron chi connectivity index (χ3n) is 7.68.